The number of nitrogens with one attached hydrogen (secondary N) is 2. The van der Waals surface area contributed by atoms with E-state index in [0.717, 1.165) is 12.8 Å². The maximum Gasteiger partial charge on any atom is 0.220 e. The Balaban J connectivity index is 1.57. The highest BCUT2D eigenvalue weighted by molar-refractivity contribution is 5.76. The number of carbonyl (C=O) groups excluding carboxylic acids is 1. The van der Waals surface area contributed by atoms with Gasteiger partial charge in [0, 0.05) is 30.6 Å². The van der Waals surface area contributed by atoms with Crippen molar-refractivity contribution in [2.24, 2.45) is 5.92 Å². The van der Waals surface area contributed by atoms with E-state index in [4.69, 9.17) is 0 Å². The minimum atomic E-state index is -0.581. The van der Waals surface area contributed by atoms with Crippen LogP contribution in [0.5, 0.6) is 0 Å². The summed E-state index contributed by atoms with van der Waals surface area (Å²) in [5.74, 6) is -0.789. The van der Waals surface area contributed by atoms with Crippen LogP contribution < -0.4 is 10.6 Å². The van der Waals surface area contributed by atoms with Crippen LogP contribution in [0.3, 0.4) is 0 Å². The van der Waals surface area contributed by atoms with E-state index in [1.807, 2.05) is 0 Å². The van der Waals surface area contributed by atoms with Gasteiger partial charge in [-0.3, -0.25) is 4.79 Å². The Morgan fingerprint density at radius 1 is 1.24 bits per heavy atom. The van der Waals surface area contributed by atoms with Crippen LogP contribution in [0.1, 0.15) is 43.7 Å². The van der Waals surface area contributed by atoms with Crippen molar-refractivity contribution in [2.45, 2.75) is 50.2 Å². The van der Waals surface area contributed by atoms with Gasteiger partial charge in [-0.2, -0.15) is 0 Å². The van der Waals surface area contributed by atoms with Crippen molar-refractivity contribution >= 4 is 5.91 Å². The molecule has 2 heterocycles. The summed E-state index contributed by atoms with van der Waals surface area (Å²) in [5, 5.41) is 6.45. The zero-order valence-electron chi connectivity index (χ0n) is 14.9. The number of fused-ring (bicyclic) bond motifs is 2. The average Bonchev–Trinajstić information content (AvgIpc) is 2.88. The van der Waals surface area contributed by atoms with E-state index in [2.05, 4.69) is 10.6 Å². The van der Waals surface area contributed by atoms with E-state index in [-0.39, 0.29) is 18.0 Å². The number of likely N-dealkylation sites (N-methyl/N-ethyl adjacent to an activating group) is 1. The zero-order chi connectivity index (χ0) is 18.0. The standard InChI is InChI=1S/C19H27F2N3O/c1-24(2)17(19-15(20)4-3-5-16(19)21)11-22-18(25)10-12-8-13-6-7-14(9-12)23-13/h3-5,12-14,17,23H,6-11H2,1-2H3,(H,22,25). The third kappa shape index (κ3) is 4.36. The summed E-state index contributed by atoms with van der Waals surface area (Å²) in [5.41, 5.74) is 0.00714. The Morgan fingerprint density at radius 2 is 1.84 bits per heavy atom. The molecular weight excluding hydrogens is 324 g/mol. The van der Waals surface area contributed by atoms with Crippen molar-refractivity contribution in [3.8, 4) is 0 Å². The van der Waals surface area contributed by atoms with Gasteiger partial charge in [0.15, 0.2) is 0 Å². The second-order valence-corrected chi connectivity index (χ2v) is 7.60. The van der Waals surface area contributed by atoms with Crippen molar-refractivity contribution in [1.29, 1.82) is 0 Å². The maximum absolute atomic E-state index is 14.1. The van der Waals surface area contributed by atoms with Crippen LogP contribution in [0.2, 0.25) is 0 Å². The molecule has 3 rings (SSSR count). The van der Waals surface area contributed by atoms with E-state index >= 15 is 0 Å². The molecule has 2 aliphatic heterocycles. The molecule has 2 fully saturated rings. The Bertz CT molecular complexity index is 590. The number of piperidine rings is 1. The molecule has 3 atom stereocenters. The summed E-state index contributed by atoms with van der Waals surface area (Å²) >= 11 is 0. The van der Waals surface area contributed by atoms with Gasteiger partial charge in [0.1, 0.15) is 11.6 Å². The summed E-state index contributed by atoms with van der Waals surface area (Å²) in [7, 11) is 3.51. The molecule has 0 aliphatic carbocycles. The highest BCUT2D eigenvalue weighted by atomic mass is 19.1. The van der Waals surface area contributed by atoms with Gasteiger partial charge in [-0.05, 0) is 57.8 Å². The molecule has 0 spiro atoms. The Labute approximate surface area is 148 Å². The highest BCUT2D eigenvalue weighted by Crippen LogP contribution is 2.32. The average molecular weight is 351 g/mol. The van der Waals surface area contributed by atoms with Gasteiger partial charge in [-0.1, -0.05) is 6.07 Å². The van der Waals surface area contributed by atoms with Crippen molar-refractivity contribution in [1.82, 2.24) is 15.5 Å². The molecule has 2 aliphatic rings. The number of amides is 1. The molecule has 4 nitrogen and oxygen atoms in total. The summed E-state index contributed by atoms with van der Waals surface area (Å²) in [6, 6.07) is 4.43. The van der Waals surface area contributed by atoms with Gasteiger partial charge < -0.3 is 15.5 Å². The van der Waals surface area contributed by atoms with Gasteiger partial charge in [0.25, 0.3) is 0 Å². The SMILES string of the molecule is CN(C)C(CNC(=O)CC1CC2CCC(C1)N2)c1c(F)cccc1F. The second kappa shape index (κ2) is 7.79. The van der Waals surface area contributed by atoms with Crippen LogP contribution in [0, 0.1) is 17.6 Å². The number of carbonyl (C=O) groups is 1. The summed E-state index contributed by atoms with van der Waals surface area (Å²) in [4.78, 5) is 14.1. The first-order valence-electron chi connectivity index (χ1n) is 9.07. The van der Waals surface area contributed by atoms with E-state index < -0.39 is 17.7 Å². The Kier molecular flexibility index (Phi) is 5.69. The Morgan fingerprint density at radius 3 is 2.40 bits per heavy atom. The predicted octanol–water partition coefficient (Wildman–Crippen LogP) is 2.60. The third-order valence-corrected chi connectivity index (χ3v) is 5.49. The molecule has 2 saturated heterocycles. The summed E-state index contributed by atoms with van der Waals surface area (Å²) in [6.45, 7) is 0.196. The van der Waals surface area contributed by atoms with Gasteiger partial charge in [-0.25, -0.2) is 8.78 Å². The molecule has 0 saturated carbocycles. The van der Waals surface area contributed by atoms with Crippen LogP contribution >= 0.6 is 0 Å². The van der Waals surface area contributed by atoms with Crippen LogP contribution in [-0.2, 0) is 4.79 Å². The van der Waals surface area contributed by atoms with Crippen LogP contribution in [-0.4, -0.2) is 43.5 Å². The maximum atomic E-state index is 14.1. The lowest BCUT2D eigenvalue weighted by Gasteiger charge is -2.29. The predicted molar refractivity (Wildman–Crippen MR) is 93.1 cm³/mol. The Hall–Kier alpha value is -1.53. The van der Waals surface area contributed by atoms with Gasteiger partial charge >= 0.3 is 0 Å². The lowest BCUT2D eigenvalue weighted by molar-refractivity contribution is -0.122. The molecule has 6 heteroatoms. The lowest BCUT2D eigenvalue weighted by atomic mass is 9.89. The van der Waals surface area contributed by atoms with E-state index in [1.54, 1.807) is 19.0 Å². The molecule has 2 bridgehead atoms. The number of hydrogen-bond donors (Lipinski definition) is 2. The fraction of sp³-hybridized carbons (Fsp3) is 0.632. The number of benzene rings is 1. The fourth-order valence-corrected chi connectivity index (χ4v) is 4.26. The minimum Gasteiger partial charge on any atom is -0.354 e. The molecule has 25 heavy (non-hydrogen) atoms. The normalized spacial score (nSPS) is 26.7. The highest BCUT2D eigenvalue weighted by Gasteiger charge is 2.34. The zero-order valence-corrected chi connectivity index (χ0v) is 14.9. The number of hydrogen-bond acceptors (Lipinski definition) is 3. The van der Waals surface area contributed by atoms with Gasteiger partial charge in [0.2, 0.25) is 5.91 Å². The summed E-state index contributed by atoms with van der Waals surface area (Å²) in [6.07, 6.45) is 5.00. The summed E-state index contributed by atoms with van der Waals surface area (Å²) < 4.78 is 28.1. The number of rotatable bonds is 6. The smallest absolute Gasteiger partial charge is 0.220 e. The minimum absolute atomic E-state index is 0.00714. The second-order valence-electron chi connectivity index (χ2n) is 7.60. The lowest BCUT2D eigenvalue weighted by Crippen LogP contribution is -2.41. The molecule has 1 aromatic carbocycles. The first kappa shape index (κ1) is 18.3. The van der Waals surface area contributed by atoms with E-state index in [1.165, 1.54) is 31.0 Å². The molecule has 2 N–H and O–H groups in total. The van der Waals surface area contributed by atoms with Crippen LogP contribution in [0.15, 0.2) is 18.2 Å². The first-order chi connectivity index (χ1) is 11.9. The van der Waals surface area contributed by atoms with Crippen LogP contribution in [0.25, 0.3) is 0 Å². The molecule has 0 radical (unpaired) electrons. The molecule has 0 aromatic heterocycles. The van der Waals surface area contributed by atoms with Gasteiger partial charge in [-0.15, -0.1) is 0 Å². The topological polar surface area (TPSA) is 44.4 Å². The van der Waals surface area contributed by atoms with Crippen molar-refractivity contribution in [3.05, 3.63) is 35.4 Å². The van der Waals surface area contributed by atoms with Crippen molar-refractivity contribution < 1.29 is 13.6 Å². The largest absolute Gasteiger partial charge is 0.354 e. The molecule has 3 unspecified atom stereocenters. The molecule has 1 amide bonds. The molecular formula is C19H27F2N3O. The quantitative estimate of drug-likeness (QED) is 0.828. The fourth-order valence-electron chi connectivity index (χ4n) is 4.26. The van der Waals surface area contributed by atoms with E-state index in [0.29, 0.717) is 24.4 Å². The number of nitrogens with zero attached hydrogens (tertiary/aromatic N) is 1. The molecule has 1 aromatic rings. The van der Waals surface area contributed by atoms with Crippen molar-refractivity contribution in [3.63, 3.8) is 0 Å². The molecule has 138 valence electrons. The van der Waals surface area contributed by atoms with Crippen molar-refractivity contribution in [2.75, 3.05) is 20.6 Å². The van der Waals surface area contributed by atoms with Crippen LogP contribution in [0.4, 0.5) is 8.78 Å². The van der Waals surface area contributed by atoms with Gasteiger partial charge in [0.05, 0.1) is 6.04 Å². The monoisotopic (exact) mass is 351 g/mol. The first-order valence-corrected chi connectivity index (χ1v) is 9.07. The third-order valence-electron chi connectivity index (χ3n) is 5.49. The van der Waals surface area contributed by atoms with E-state index in [9.17, 15) is 13.6 Å². The number of halogens is 2.